The molecule has 1 aromatic heterocycles. The number of anilines is 2. The normalized spacial score (nSPS) is 15.5. The van der Waals surface area contributed by atoms with Crippen LogP contribution in [0, 0.1) is 0 Å². The van der Waals surface area contributed by atoms with Crippen LogP contribution >= 0.6 is 0 Å². The van der Waals surface area contributed by atoms with E-state index < -0.39 is 0 Å². The molecule has 1 atom stereocenters. The van der Waals surface area contributed by atoms with Gasteiger partial charge in [0.15, 0.2) is 5.82 Å². The van der Waals surface area contributed by atoms with Gasteiger partial charge in [0.25, 0.3) is 0 Å². The van der Waals surface area contributed by atoms with Gasteiger partial charge < -0.3 is 19.9 Å². The molecule has 1 aliphatic heterocycles. The maximum atomic E-state index is 11.8. The van der Waals surface area contributed by atoms with Crippen LogP contribution in [0.2, 0.25) is 0 Å². The molecule has 0 aliphatic carbocycles. The number of hydrogen-bond donors (Lipinski definition) is 1. The van der Waals surface area contributed by atoms with Gasteiger partial charge in [0, 0.05) is 26.2 Å². The molecule has 1 saturated heterocycles. The van der Waals surface area contributed by atoms with Crippen molar-refractivity contribution in [2.75, 3.05) is 43.0 Å². The van der Waals surface area contributed by atoms with Crippen LogP contribution in [0.5, 0.6) is 0 Å². The first-order valence-corrected chi connectivity index (χ1v) is 8.85. The lowest BCUT2D eigenvalue weighted by molar-refractivity contribution is 0.105. The first-order valence-electron chi connectivity index (χ1n) is 8.85. The number of carbonyl (C=O) groups is 1. The molecule has 8 heteroatoms. The maximum Gasteiger partial charge on any atom is 0.409 e. The highest BCUT2D eigenvalue weighted by atomic mass is 16.6. The Morgan fingerprint density at radius 2 is 1.96 bits per heavy atom. The average molecular weight is 356 g/mol. The number of piperazine rings is 1. The molecule has 0 bridgehead atoms. The lowest BCUT2D eigenvalue weighted by Crippen LogP contribution is -2.49. The van der Waals surface area contributed by atoms with Crippen molar-refractivity contribution in [3.63, 3.8) is 0 Å². The Labute approximate surface area is 153 Å². The molecule has 0 radical (unpaired) electrons. The Morgan fingerprint density at radius 3 is 2.65 bits per heavy atom. The van der Waals surface area contributed by atoms with Crippen molar-refractivity contribution in [2.45, 2.75) is 19.9 Å². The fourth-order valence-electron chi connectivity index (χ4n) is 2.86. The predicted octanol–water partition coefficient (Wildman–Crippen LogP) is 2.32. The zero-order chi connectivity index (χ0) is 18.4. The number of nitrogens with zero attached hydrogens (tertiary/aromatic N) is 5. The van der Waals surface area contributed by atoms with Crippen LogP contribution in [0.25, 0.3) is 0 Å². The summed E-state index contributed by atoms with van der Waals surface area (Å²) in [5, 5.41) is 11.4. The summed E-state index contributed by atoms with van der Waals surface area (Å²) >= 11 is 0. The summed E-state index contributed by atoms with van der Waals surface area (Å²) in [7, 11) is 0. The van der Waals surface area contributed by atoms with E-state index in [0.29, 0.717) is 38.7 Å². The molecule has 1 N–H and O–H groups in total. The minimum absolute atomic E-state index is 0.0777. The van der Waals surface area contributed by atoms with E-state index in [-0.39, 0.29) is 12.1 Å². The van der Waals surface area contributed by atoms with E-state index in [1.54, 1.807) is 11.1 Å². The van der Waals surface area contributed by atoms with E-state index in [2.05, 4.69) is 44.5 Å². The Kier molecular flexibility index (Phi) is 5.83. The van der Waals surface area contributed by atoms with Gasteiger partial charge in [-0.1, -0.05) is 30.3 Å². The molecule has 0 spiro atoms. The molecule has 0 saturated carbocycles. The van der Waals surface area contributed by atoms with Gasteiger partial charge in [-0.2, -0.15) is 10.1 Å². The number of carbonyl (C=O) groups excluding carboxylic acids is 1. The highest BCUT2D eigenvalue weighted by molar-refractivity contribution is 5.68. The Morgan fingerprint density at radius 1 is 1.23 bits per heavy atom. The van der Waals surface area contributed by atoms with E-state index in [1.807, 2.05) is 25.1 Å². The van der Waals surface area contributed by atoms with Gasteiger partial charge in [-0.3, -0.25) is 0 Å². The third-order valence-electron chi connectivity index (χ3n) is 4.32. The summed E-state index contributed by atoms with van der Waals surface area (Å²) in [4.78, 5) is 20.2. The lowest BCUT2D eigenvalue weighted by Gasteiger charge is -2.34. The number of aromatic nitrogens is 3. The van der Waals surface area contributed by atoms with Gasteiger partial charge in [0.1, 0.15) is 0 Å². The zero-order valence-corrected chi connectivity index (χ0v) is 15.1. The van der Waals surface area contributed by atoms with E-state index >= 15 is 0 Å². The highest BCUT2D eigenvalue weighted by Gasteiger charge is 2.23. The Bertz CT molecular complexity index is 719. The van der Waals surface area contributed by atoms with Crippen LogP contribution in [-0.2, 0) is 4.74 Å². The molecule has 1 aromatic carbocycles. The molecule has 138 valence electrons. The smallest absolute Gasteiger partial charge is 0.409 e. The van der Waals surface area contributed by atoms with Gasteiger partial charge in [-0.25, -0.2) is 4.79 Å². The topological polar surface area (TPSA) is 83.5 Å². The minimum Gasteiger partial charge on any atom is -0.450 e. The average Bonchev–Trinajstić information content (AvgIpc) is 2.69. The Balaban J connectivity index is 1.60. The van der Waals surface area contributed by atoms with E-state index in [4.69, 9.17) is 4.74 Å². The lowest BCUT2D eigenvalue weighted by atomic mass is 10.1. The van der Waals surface area contributed by atoms with Crippen molar-refractivity contribution < 1.29 is 9.53 Å². The van der Waals surface area contributed by atoms with Crippen LogP contribution in [0.4, 0.5) is 16.6 Å². The van der Waals surface area contributed by atoms with Crippen LogP contribution in [0.3, 0.4) is 0 Å². The summed E-state index contributed by atoms with van der Waals surface area (Å²) in [5.74, 6) is 1.25. The first-order chi connectivity index (χ1) is 12.7. The van der Waals surface area contributed by atoms with Crippen molar-refractivity contribution in [1.29, 1.82) is 0 Å². The van der Waals surface area contributed by atoms with Crippen molar-refractivity contribution >= 4 is 17.9 Å². The van der Waals surface area contributed by atoms with Crippen molar-refractivity contribution in [2.24, 2.45) is 0 Å². The van der Waals surface area contributed by atoms with Crippen LogP contribution in [0.15, 0.2) is 36.5 Å². The first kappa shape index (κ1) is 17.9. The van der Waals surface area contributed by atoms with E-state index in [1.165, 1.54) is 0 Å². The molecule has 2 heterocycles. The predicted molar refractivity (Wildman–Crippen MR) is 99.1 cm³/mol. The van der Waals surface area contributed by atoms with E-state index in [9.17, 15) is 4.79 Å². The van der Waals surface area contributed by atoms with Gasteiger partial charge >= 0.3 is 6.09 Å². The molecule has 1 aliphatic rings. The molecule has 1 unspecified atom stereocenters. The minimum atomic E-state index is -0.257. The standard InChI is InChI=1S/C18H24N6O2/c1-3-26-18(25)24-11-9-23(10-12-24)16-13-19-22-17(21-16)20-14(2)15-7-5-4-6-8-15/h4-8,13-14H,3,9-12H2,1-2H3,(H,20,21,22). The largest absolute Gasteiger partial charge is 0.450 e. The van der Waals surface area contributed by atoms with Crippen LogP contribution in [-0.4, -0.2) is 59.0 Å². The molecule has 2 aromatic rings. The molecule has 26 heavy (non-hydrogen) atoms. The number of amides is 1. The maximum absolute atomic E-state index is 11.8. The summed E-state index contributed by atoms with van der Waals surface area (Å²) < 4.78 is 5.05. The third-order valence-corrected chi connectivity index (χ3v) is 4.32. The zero-order valence-electron chi connectivity index (χ0n) is 15.1. The summed E-state index contributed by atoms with van der Waals surface area (Å²) in [6, 6.07) is 10.2. The monoisotopic (exact) mass is 356 g/mol. The molecule has 1 fully saturated rings. The van der Waals surface area contributed by atoms with Gasteiger partial charge in [0.05, 0.1) is 18.8 Å². The second-order valence-corrected chi connectivity index (χ2v) is 6.09. The van der Waals surface area contributed by atoms with Gasteiger partial charge in [-0.15, -0.1) is 5.10 Å². The van der Waals surface area contributed by atoms with Crippen molar-refractivity contribution in [3.05, 3.63) is 42.1 Å². The molecular weight excluding hydrogens is 332 g/mol. The highest BCUT2D eigenvalue weighted by Crippen LogP contribution is 2.18. The fraction of sp³-hybridized carbons (Fsp3) is 0.444. The fourth-order valence-corrected chi connectivity index (χ4v) is 2.86. The SMILES string of the molecule is CCOC(=O)N1CCN(c2cnnc(NC(C)c3ccccc3)n2)CC1. The second-order valence-electron chi connectivity index (χ2n) is 6.09. The van der Waals surface area contributed by atoms with E-state index in [0.717, 1.165) is 11.4 Å². The number of nitrogens with one attached hydrogen (secondary N) is 1. The summed E-state index contributed by atoms with van der Waals surface area (Å²) in [6.45, 7) is 6.84. The number of benzene rings is 1. The van der Waals surface area contributed by atoms with Crippen LogP contribution < -0.4 is 10.2 Å². The van der Waals surface area contributed by atoms with Gasteiger partial charge in [0.2, 0.25) is 5.95 Å². The Hall–Kier alpha value is -2.90. The molecule has 8 nitrogen and oxygen atoms in total. The van der Waals surface area contributed by atoms with Gasteiger partial charge in [-0.05, 0) is 19.4 Å². The third kappa shape index (κ3) is 4.38. The molecule has 1 amide bonds. The molecular formula is C18H24N6O2. The quantitative estimate of drug-likeness (QED) is 0.880. The van der Waals surface area contributed by atoms with Crippen molar-refractivity contribution in [1.82, 2.24) is 20.1 Å². The molecule has 3 rings (SSSR count). The second kappa shape index (κ2) is 8.46. The number of rotatable bonds is 5. The number of ether oxygens (including phenoxy) is 1. The number of hydrogen-bond acceptors (Lipinski definition) is 7. The summed E-state index contributed by atoms with van der Waals surface area (Å²) in [6.07, 6.45) is 1.39. The van der Waals surface area contributed by atoms with Crippen molar-refractivity contribution in [3.8, 4) is 0 Å². The summed E-state index contributed by atoms with van der Waals surface area (Å²) in [5.41, 5.74) is 1.16. The van der Waals surface area contributed by atoms with Crippen LogP contribution in [0.1, 0.15) is 25.5 Å².